The van der Waals surface area contributed by atoms with Crippen LogP contribution in [0.5, 0.6) is 5.75 Å². The summed E-state index contributed by atoms with van der Waals surface area (Å²) in [7, 11) is 9.75. The molecule has 0 aromatic heterocycles. The van der Waals surface area contributed by atoms with E-state index in [4.69, 9.17) is 33.4 Å². The summed E-state index contributed by atoms with van der Waals surface area (Å²) in [6, 6.07) is 15.7. The monoisotopic (exact) mass is 675 g/mol. The van der Waals surface area contributed by atoms with E-state index in [0.717, 1.165) is 5.34 Å². The normalized spacial score (nSPS) is 9.39. The van der Waals surface area contributed by atoms with Gasteiger partial charge in [0.2, 0.25) is 0 Å². The van der Waals surface area contributed by atoms with E-state index < -0.39 is 22.5 Å². The molecule has 0 radical (unpaired) electrons. The van der Waals surface area contributed by atoms with Crippen LogP contribution in [0.1, 0.15) is 10.4 Å². The minimum absolute atomic E-state index is 0. The van der Waals surface area contributed by atoms with Crippen LogP contribution >= 0.6 is 18.8 Å². The molecule has 0 unspecified atom stereocenters. The summed E-state index contributed by atoms with van der Waals surface area (Å²) in [6.45, 7) is 0. The molecule has 10 nitrogen and oxygen atoms in total. The number of benzene rings is 3. The average Bonchev–Trinajstić information content (AvgIpc) is 2.73. The molecule has 0 bridgehead atoms. The number of hydrogen-bond acceptors (Lipinski definition) is 7. The Morgan fingerprint density at radius 3 is 2.21 bits per heavy atom. The Bertz CT molecular complexity index is 1250. The molecule has 0 saturated heterocycles. The first-order chi connectivity index (χ1) is 14.9. The number of phenols is 1. The predicted octanol–water partition coefficient (Wildman–Crippen LogP) is 7.03. The first kappa shape index (κ1) is 30.0. The van der Waals surface area contributed by atoms with Gasteiger partial charge in [0.15, 0.2) is 5.43 Å². The van der Waals surface area contributed by atoms with Crippen molar-refractivity contribution in [2.45, 2.75) is 0 Å². The zero-order valence-electron chi connectivity index (χ0n) is 16.4. The summed E-state index contributed by atoms with van der Waals surface area (Å²) in [6.07, 6.45) is 0. The van der Waals surface area contributed by atoms with Crippen LogP contribution in [0.25, 0.3) is 45.7 Å². The molecule has 33 heavy (non-hydrogen) atoms. The Kier molecular flexibility index (Phi) is 12.9. The standard InChI is InChI=1S/C20H12O5.2ClH.HNO2.2H2N.Pt/c21-11-5-7-15-17(9-11)25-18-10-12(22)6-8-16(18)19(15)13-3-1-2-4-14(13)20(23)24;;;2-1-3;;;/h1-10,21H,(H,23,24);2*1H;(H,2,3);2*1H2;/q;;;;2*-1;+4/p-3. The van der Waals surface area contributed by atoms with Gasteiger partial charge < -0.3 is 37.0 Å². The molecule has 4 rings (SSSR count). The van der Waals surface area contributed by atoms with Crippen molar-refractivity contribution < 1.29 is 35.9 Å². The van der Waals surface area contributed by atoms with Crippen LogP contribution in [-0.4, -0.2) is 16.2 Å². The Morgan fingerprint density at radius 1 is 1.00 bits per heavy atom. The third-order valence-electron chi connectivity index (χ3n) is 4.10. The number of halogens is 2. The van der Waals surface area contributed by atoms with Crippen molar-refractivity contribution in [3.63, 3.8) is 0 Å². The fourth-order valence-electron chi connectivity index (χ4n) is 3.04. The molecule has 0 saturated carbocycles. The first-order valence-electron chi connectivity index (χ1n) is 8.17. The number of carbonyl (C=O) groups is 1. The molecule has 0 spiro atoms. The van der Waals surface area contributed by atoms with Gasteiger partial charge in [0.1, 0.15) is 17.1 Å². The van der Waals surface area contributed by atoms with Crippen LogP contribution in [0.2, 0.25) is 0 Å². The second kappa shape index (κ2) is 14.2. The predicted molar refractivity (Wildman–Crippen MR) is 125 cm³/mol. The molecule has 6 N–H and O–H groups in total. The van der Waals surface area contributed by atoms with E-state index in [1.54, 1.807) is 30.3 Å². The number of nitrogens with two attached hydrogens (primary N) is 2. The molecule has 1 aliphatic carbocycles. The van der Waals surface area contributed by atoms with Crippen molar-refractivity contribution in [2.24, 2.45) is 5.34 Å². The number of nitrogens with zero attached hydrogens (tertiary/aromatic N) is 1. The Hall–Kier alpha value is -3.01. The number of fused-ring (bicyclic) bond motifs is 2. The minimum Gasteiger partial charge on any atom is -0.693 e. The summed E-state index contributed by atoms with van der Waals surface area (Å²) < 4.78 is 5.76. The van der Waals surface area contributed by atoms with Crippen LogP contribution in [0.4, 0.5) is 0 Å². The molecule has 13 heteroatoms. The zero-order valence-corrected chi connectivity index (χ0v) is 20.2. The number of phenolic OH excluding ortho intramolecular Hbond substituents is 1. The van der Waals surface area contributed by atoms with Crippen molar-refractivity contribution in [3.8, 4) is 28.2 Å². The Morgan fingerprint density at radius 2 is 1.61 bits per heavy atom. The fourth-order valence-corrected chi connectivity index (χ4v) is 3.04. The zero-order chi connectivity index (χ0) is 23.0. The van der Waals surface area contributed by atoms with Gasteiger partial charge in [0.05, 0.1) is 5.56 Å². The van der Waals surface area contributed by atoms with Gasteiger partial charge in [-0.1, -0.05) is 18.2 Å². The third kappa shape index (κ3) is 7.24. The summed E-state index contributed by atoms with van der Waals surface area (Å²) in [5, 5.41) is 28.9. The number of carboxylic acid groups (broad SMARTS) is 1. The van der Waals surface area contributed by atoms with Gasteiger partial charge in [-0.3, -0.25) is 4.79 Å². The summed E-state index contributed by atoms with van der Waals surface area (Å²) >= 11 is -0.472. The van der Waals surface area contributed by atoms with Crippen molar-refractivity contribution in [1.82, 2.24) is 0 Å². The first-order valence-corrected chi connectivity index (χ1v) is 13.8. The number of carboxylic acids is 1. The van der Waals surface area contributed by atoms with Gasteiger partial charge in [-0.15, -0.1) is 5.34 Å². The summed E-state index contributed by atoms with van der Waals surface area (Å²) in [5.41, 5.74) is 2.10. The van der Waals surface area contributed by atoms with E-state index in [1.807, 2.05) is 0 Å². The van der Waals surface area contributed by atoms with E-state index in [0.29, 0.717) is 33.4 Å². The number of rotatable bonds is 2. The Labute approximate surface area is 203 Å². The number of aromatic hydroxyl groups is 1. The molecule has 1 aliphatic heterocycles. The van der Waals surface area contributed by atoms with Crippen LogP contribution in [0, 0.1) is 10.1 Å². The summed E-state index contributed by atoms with van der Waals surface area (Å²) in [4.78, 5) is 31.4. The van der Waals surface area contributed by atoms with Crippen molar-refractivity contribution in [3.05, 3.63) is 98.9 Å². The molecular weight excluding hydrogens is 660 g/mol. The molecule has 0 amide bonds. The van der Waals surface area contributed by atoms with E-state index in [9.17, 15) is 19.8 Å². The quantitative estimate of drug-likeness (QED) is 0.129. The minimum atomic E-state index is -1.04. The van der Waals surface area contributed by atoms with Crippen molar-refractivity contribution in [2.75, 3.05) is 0 Å². The van der Waals surface area contributed by atoms with Gasteiger partial charge in [-0.25, -0.2) is 4.79 Å². The topological polar surface area (TPSA) is 207 Å². The van der Waals surface area contributed by atoms with E-state index in [1.165, 1.54) is 30.3 Å². The maximum atomic E-state index is 11.7. The van der Waals surface area contributed by atoms with Gasteiger partial charge in [-0.2, -0.15) is 0 Å². The van der Waals surface area contributed by atoms with E-state index >= 15 is 0 Å². The molecule has 2 aromatic rings. The fraction of sp³-hybridized carbons (Fsp3) is 0. The molecule has 1 heterocycles. The maximum Gasteiger partial charge on any atom is -0.693 e. The van der Waals surface area contributed by atoms with Gasteiger partial charge in [0.25, 0.3) is 0 Å². The Balaban J connectivity index is 0.00000116. The van der Waals surface area contributed by atoms with E-state index in [2.05, 4.69) is 0 Å². The number of aromatic carboxylic acids is 1. The van der Waals surface area contributed by atoms with Crippen LogP contribution in [-0.2, 0) is 16.5 Å². The third-order valence-corrected chi connectivity index (χ3v) is 4.10. The van der Waals surface area contributed by atoms with Gasteiger partial charge >= 0.3 is 41.3 Å². The van der Waals surface area contributed by atoms with Crippen molar-refractivity contribution >= 4 is 35.8 Å². The number of hydrogen-bond donors (Lipinski definition) is 2. The molecule has 0 fully saturated rings. The second-order valence-corrected chi connectivity index (χ2v) is 9.07. The summed E-state index contributed by atoms with van der Waals surface area (Å²) in [5.74, 6) is -0.691. The SMILES string of the molecule is O=C(O)c1ccccc1-c1c2ccc(=O)cc-2oc2cc(O)ccc12.O=N[O-].[Cl][Pt+2][Cl].[NH2-].[NH2-]. The maximum absolute atomic E-state index is 11.7. The average molecular weight is 676 g/mol. The largest absolute Gasteiger partial charge is 0.693 e. The molecule has 178 valence electrons. The molecule has 0 atom stereocenters. The van der Waals surface area contributed by atoms with Crippen LogP contribution in [0.3, 0.4) is 0 Å². The van der Waals surface area contributed by atoms with Crippen molar-refractivity contribution in [1.29, 1.82) is 0 Å². The van der Waals surface area contributed by atoms with E-state index in [-0.39, 0.29) is 29.0 Å². The molecule has 2 aliphatic rings. The molecule has 2 aromatic carbocycles. The van der Waals surface area contributed by atoms with Gasteiger partial charge in [-0.05, 0) is 35.9 Å². The van der Waals surface area contributed by atoms with Crippen LogP contribution < -0.4 is 5.43 Å². The van der Waals surface area contributed by atoms with Crippen LogP contribution in [0.15, 0.2) is 75.2 Å². The second-order valence-electron chi connectivity index (χ2n) is 5.79. The van der Waals surface area contributed by atoms with Gasteiger partial charge in [0, 0.05) is 28.6 Å². The molecular formula is C20H16Cl2N3O7Pt-. The smallest absolute Gasteiger partial charge is 0.693 e.